The number of benzene rings is 4. The second kappa shape index (κ2) is 12.2. The highest BCUT2D eigenvalue weighted by atomic mass is 127. The Morgan fingerprint density at radius 1 is 0.750 bits per heavy atom. The van der Waals surface area contributed by atoms with E-state index in [1.165, 1.54) is 9.80 Å². The van der Waals surface area contributed by atoms with E-state index in [0.29, 0.717) is 18.0 Å². The topological polar surface area (TPSA) is 49.9 Å². The molecule has 0 aromatic heterocycles. The van der Waals surface area contributed by atoms with Gasteiger partial charge < -0.3 is 4.74 Å². The van der Waals surface area contributed by atoms with Gasteiger partial charge in [0.15, 0.2) is 5.11 Å². The molecule has 0 spiro atoms. The monoisotopic (exact) mass is 770 g/mol. The molecule has 1 saturated heterocycles. The van der Waals surface area contributed by atoms with Gasteiger partial charge in [0.05, 0.1) is 18.5 Å². The predicted molar refractivity (Wildman–Crippen MR) is 181 cm³/mol. The van der Waals surface area contributed by atoms with Gasteiger partial charge in [-0.05, 0) is 136 Å². The first-order chi connectivity index (χ1) is 19.2. The third-order valence-electron chi connectivity index (χ3n) is 6.57. The summed E-state index contributed by atoms with van der Waals surface area (Å²) in [6.45, 7) is 4.44. The maximum atomic E-state index is 13.9. The van der Waals surface area contributed by atoms with Crippen LogP contribution in [0.25, 0.3) is 6.08 Å². The lowest BCUT2D eigenvalue weighted by Gasteiger charge is -2.36. The van der Waals surface area contributed by atoms with E-state index in [2.05, 4.69) is 45.2 Å². The number of thiocarbonyl (C=S) groups is 1. The number of hydrogen-bond acceptors (Lipinski definition) is 4. The molecule has 0 radical (unpaired) electrons. The van der Waals surface area contributed by atoms with Crippen molar-refractivity contribution < 1.29 is 14.3 Å². The Kier molecular flexibility index (Phi) is 8.67. The standard InChI is InChI=1S/C32H24I2N2O3S/c1-20-13-14-25(15-21(20)2)36-31(38)26(30(37)35(32(36)40)24-11-7-4-8-12-24)16-23-17-27(33)29(28(34)18-23)39-19-22-9-5-3-6-10-22/h3-18H,19H2,1-2H3/b26-16+. The van der Waals surface area contributed by atoms with E-state index in [4.69, 9.17) is 17.0 Å². The molecule has 1 fully saturated rings. The van der Waals surface area contributed by atoms with E-state index in [1.807, 2.05) is 92.7 Å². The molecule has 0 N–H and O–H groups in total. The van der Waals surface area contributed by atoms with Crippen LogP contribution in [-0.4, -0.2) is 16.9 Å². The number of nitrogens with zero attached hydrogens (tertiary/aromatic N) is 2. The molecule has 1 heterocycles. The molecule has 40 heavy (non-hydrogen) atoms. The molecule has 5 nitrogen and oxygen atoms in total. The van der Waals surface area contributed by atoms with E-state index >= 15 is 0 Å². The minimum absolute atomic E-state index is 0.0280. The lowest BCUT2D eigenvalue weighted by atomic mass is 10.0. The number of ether oxygens (including phenoxy) is 1. The fourth-order valence-corrected chi connectivity index (χ4v) is 6.83. The summed E-state index contributed by atoms with van der Waals surface area (Å²) in [6.07, 6.45) is 1.64. The molecule has 8 heteroatoms. The number of carbonyl (C=O) groups excluding carboxylic acids is 2. The molecule has 1 aliphatic rings. The zero-order valence-electron chi connectivity index (χ0n) is 21.7. The number of anilines is 2. The fourth-order valence-electron chi connectivity index (χ4n) is 4.32. The number of halogens is 2. The second-order valence-electron chi connectivity index (χ2n) is 9.31. The van der Waals surface area contributed by atoms with Crippen molar-refractivity contribution in [2.24, 2.45) is 0 Å². The Balaban J connectivity index is 1.55. The average Bonchev–Trinajstić information content (AvgIpc) is 2.94. The van der Waals surface area contributed by atoms with Gasteiger partial charge in [-0.1, -0.05) is 54.6 Å². The van der Waals surface area contributed by atoms with Crippen LogP contribution in [0.5, 0.6) is 5.75 Å². The molecule has 5 rings (SSSR count). The maximum absolute atomic E-state index is 13.9. The van der Waals surface area contributed by atoms with Crippen molar-refractivity contribution >= 4 is 91.8 Å². The molecule has 2 amide bonds. The minimum atomic E-state index is -0.462. The molecule has 0 aliphatic carbocycles. The third kappa shape index (κ3) is 5.84. The normalized spacial score (nSPS) is 14.7. The molecule has 0 saturated carbocycles. The van der Waals surface area contributed by atoms with Crippen molar-refractivity contribution in [3.05, 3.63) is 126 Å². The van der Waals surface area contributed by atoms with Crippen molar-refractivity contribution in [2.75, 3.05) is 9.80 Å². The van der Waals surface area contributed by atoms with E-state index in [0.717, 1.165) is 35.1 Å². The molecule has 4 aromatic carbocycles. The highest BCUT2D eigenvalue weighted by Gasteiger charge is 2.41. The van der Waals surface area contributed by atoms with Crippen LogP contribution in [0.15, 0.2) is 96.6 Å². The van der Waals surface area contributed by atoms with Gasteiger partial charge in [-0.3, -0.25) is 19.4 Å². The Morgan fingerprint density at radius 3 is 1.93 bits per heavy atom. The molecular weight excluding hydrogens is 746 g/mol. The zero-order valence-corrected chi connectivity index (χ0v) is 26.9. The van der Waals surface area contributed by atoms with Crippen molar-refractivity contribution in [1.82, 2.24) is 0 Å². The summed E-state index contributed by atoms with van der Waals surface area (Å²) in [5, 5.41) is 0.121. The van der Waals surface area contributed by atoms with Gasteiger partial charge in [0.2, 0.25) is 0 Å². The Bertz CT molecular complexity index is 1630. The molecular formula is C32H24I2N2O3S. The van der Waals surface area contributed by atoms with Crippen LogP contribution in [0.4, 0.5) is 11.4 Å². The van der Waals surface area contributed by atoms with Gasteiger partial charge in [-0.15, -0.1) is 0 Å². The number of amides is 2. The third-order valence-corrected chi connectivity index (χ3v) is 8.54. The van der Waals surface area contributed by atoms with Gasteiger partial charge in [0.25, 0.3) is 11.8 Å². The predicted octanol–water partition coefficient (Wildman–Crippen LogP) is 7.84. The summed E-state index contributed by atoms with van der Waals surface area (Å²) >= 11 is 10.2. The van der Waals surface area contributed by atoms with Gasteiger partial charge >= 0.3 is 0 Å². The van der Waals surface area contributed by atoms with Gasteiger partial charge in [-0.25, -0.2) is 0 Å². The van der Waals surface area contributed by atoms with Crippen molar-refractivity contribution in [3.63, 3.8) is 0 Å². The summed E-state index contributed by atoms with van der Waals surface area (Å²) in [7, 11) is 0. The molecule has 0 atom stereocenters. The summed E-state index contributed by atoms with van der Waals surface area (Å²) in [5.74, 6) is -0.159. The maximum Gasteiger partial charge on any atom is 0.270 e. The largest absolute Gasteiger partial charge is 0.487 e. The fraction of sp³-hybridized carbons (Fsp3) is 0.0938. The number of hydrogen-bond donors (Lipinski definition) is 0. The van der Waals surface area contributed by atoms with E-state index < -0.39 is 11.8 Å². The van der Waals surface area contributed by atoms with Crippen LogP contribution in [0.2, 0.25) is 0 Å². The molecule has 0 bridgehead atoms. The molecule has 200 valence electrons. The van der Waals surface area contributed by atoms with Crippen molar-refractivity contribution in [3.8, 4) is 5.75 Å². The first-order valence-electron chi connectivity index (χ1n) is 12.5. The Morgan fingerprint density at radius 2 is 1.32 bits per heavy atom. The highest BCUT2D eigenvalue weighted by Crippen LogP contribution is 2.33. The van der Waals surface area contributed by atoms with Crippen LogP contribution in [0.1, 0.15) is 22.3 Å². The molecule has 1 aliphatic heterocycles. The summed E-state index contributed by atoms with van der Waals surface area (Å²) in [6, 6.07) is 28.7. The second-order valence-corrected chi connectivity index (χ2v) is 12.0. The lowest BCUT2D eigenvalue weighted by molar-refractivity contribution is -0.120. The number of para-hydroxylation sites is 1. The minimum Gasteiger partial charge on any atom is -0.487 e. The van der Waals surface area contributed by atoms with Gasteiger partial charge in [-0.2, -0.15) is 0 Å². The van der Waals surface area contributed by atoms with Crippen LogP contribution in [0.3, 0.4) is 0 Å². The highest BCUT2D eigenvalue weighted by molar-refractivity contribution is 14.1. The van der Waals surface area contributed by atoms with Gasteiger partial charge in [0.1, 0.15) is 17.9 Å². The van der Waals surface area contributed by atoms with Crippen LogP contribution in [0, 0.1) is 21.0 Å². The van der Waals surface area contributed by atoms with E-state index in [-0.39, 0.29) is 10.7 Å². The summed E-state index contributed by atoms with van der Waals surface area (Å²) in [4.78, 5) is 30.6. The Hall–Kier alpha value is -3.09. The van der Waals surface area contributed by atoms with Crippen LogP contribution < -0.4 is 14.5 Å². The summed E-state index contributed by atoms with van der Waals surface area (Å²) < 4.78 is 7.88. The quantitative estimate of drug-likeness (QED) is 0.0869. The smallest absolute Gasteiger partial charge is 0.270 e. The van der Waals surface area contributed by atoms with Gasteiger partial charge in [0, 0.05) is 0 Å². The first kappa shape index (κ1) is 28.4. The zero-order chi connectivity index (χ0) is 28.4. The Labute approximate surface area is 266 Å². The van der Waals surface area contributed by atoms with Crippen LogP contribution in [-0.2, 0) is 16.2 Å². The molecule has 0 unspecified atom stereocenters. The van der Waals surface area contributed by atoms with E-state index in [9.17, 15) is 9.59 Å². The van der Waals surface area contributed by atoms with Crippen LogP contribution >= 0.6 is 57.4 Å². The number of rotatable bonds is 6. The van der Waals surface area contributed by atoms with Crippen molar-refractivity contribution in [1.29, 1.82) is 0 Å². The molecule has 4 aromatic rings. The SMILES string of the molecule is Cc1ccc(N2C(=O)/C(=C/c3cc(I)c(OCc4ccccc4)c(I)c3)C(=O)N(c3ccccc3)C2=S)cc1C. The van der Waals surface area contributed by atoms with Crippen molar-refractivity contribution in [2.45, 2.75) is 20.5 Å². The number of aryl methyl sites for hydroxylation is 2. The number of carbonyl (C=O) groups is 2. The summed E-state index contributed by atoms with van der Waals surface area (Å²) in [5.41, 5.74) is 5.16. The first-order valence-corrected chi connectivity index (χ1v) is 15.0. The van der Waals surface area contributed by atoms with E-state index in [1.54, 1.807) is 18.2 Å². The average molecular weight is 770 g/mol. The lowest BCUT2D eigenvalue weighted by Crippen LogP contribution is -2.57.